The van der Waals surface area contributed by atoms with E-state index in [0.717, 1.165) is 19.5 Å². The Labute approximate surface area is 62.9 Å². The lowest BCUT2D eigenvalue weighted by Gasteiger charge is -2.32. The first-order chi connectivity index (χ1) is 4.84. The van der Waals surface area contributed by atoms with Crippen molar-refractivity contribution in [1.29, 1.82) is 0 Å². The molecule has 1 atom stereocenters. The lowest BCUT2D eigenvalue weighted by atomic mass is 10.1. The highest BCUT2D eigenvalue weighted by molar-refractivity contribution is 4.83. The highest BCUT2D eigenvalue weighted by Crippen LogP contribution is 2.03. The number of piperazine rings is 1. The maximum absolute atomic E-state index is 3.73. The van der Waals surface area contributed by atoms with Crippen LogP contribution in [-0.2, 0) is 0 Å². The van der Waals surface area contributed by atoms with E-state index >= 15 is 0 Å². The molecule has 1 unspecified atom stereocenters. The Morgan fingerprint density at radius 1 is 1.80 bits per heavy atom. The summed E-state index contributed by atoms with van der Waals surface area (Å²) in [5.41, 5.74) is 0. The first-order valence-corrected chi connectivity index (χ1v) is 3.86. The number of likely N-dealkylation sites (N-methyl/N-ethyl adjacent to an activating group) is 1. The number of nitrogens with one attached hydrogen (secondary N) is 1. The van der Waals surface area contributed by atoms with Gasteiger partial charge < -0.3 is 10.2 Å². The maximum Gasteiger partial charge on any atom is 0.0252 e. The van der Waals surface area contributed by atoms with Crippen molar-refractivity contribution in [2.24, 2.45) is 0 Å². The van der Waals surface area contributed by atoms with Crippen molar-refractivity contribution in [2.75, 3.05) is 26.7 Å². The predicted molar refractivity (Wildman–Crippen MR) is 44.1 cm³/mol. The quantitative estimate of drug-likeness (QED) is 0.561. The van der Waals surface area contributed by atoms with Crippen molar-refractivity contribution in [3.8, 4) is 0 Å². The molecule has 2 nitrogen and oxygen atoms in total. The van der Waals surface area contributed by atoms with Crippen LogP contribution in [0.1, 0.15) is 6.42 Å². The van der Waals surface area contributed by atoms with Crippen LogP contribution in [0.3, 0.4) is 0 Å². The highest BCUT2D eigenvalue weighted by atomic mass is 15.2. The van der Waals surface area contributed by atoms with Gasteiger partial charge in [-0.1, -0.05) is 6.08 Å². The molecule has 1 N–H and O–H groups in total. The second-order valence-corrected chi connectivity index (χ2v) is 2.86. The third-order valence-electron chi connectivity index (χ3n) is 2.08. The highest BCUT2D eigenvalue weighted by Gasteiger charge is 2.15. The molecule has 1 rings (SSSR count). The van der Waals surface area contributed by atoms with Gasteiger partial charge in [0.05, 0.1) is 0 Å². The van der Waals surface area contributed by atoms with Crippen LogP contribution in [0, 0.1) is 0 Å². The zero-order chi connectivity index (χ0) is 7.40. The van der Waals surface area contributed by atoms with Crippen LogP contribution >= 0.6 is 0 Å². The zero-order valence-electron chi connectivity index (χ0n) is 6.64. The molecule has 2 heteroatoms. The molecule has 0 bridgehead atoms. The SMILES string of the molecule is C=CCC1CNCCN1C. The topological polar surface area (TPSA) is 15.3 Å². The van der Waals surface area contributed by atoms with Crippen molar-refractivity contribution in [2.45, 2.75) is 12.5 Å². The van der Waals surface area contributed by atoms with Crippen LogP contribution in [0.5, 0.6) is 0 Å². The molecular formula is C8H16N2. The van der Waals surface area contributed by atoms with Crippen molar-refractivity contribution >= 4 is 0 Å². The smallest absolute Gasteiger partial charge is 0.0252 e. The first kappa shape index (κ1) is 7.76. The summed E-state index contributed by atoms with van der Waals surface area (Å²) in [6, 6.07) is 0.672. The number of rotatable bonds is 2. The summed E-state index contributed by atoms with van der Waals surface area (Å²) in [5.74, 6) is 0. The van der Waals surface area contributed by atoms with Crippen molar-refractivity contribution in [3.05, 3.63) is 12.7 Å². The molecule has 1 fully saturated rings. The summed E-state index contributed by atoms with van der Waals surface area (Å²) in [4.78, 5) is 2.39. The molecule has 10 heavy (non-hydrogen) atoms. The minimum atomic E-state index is 0.672. The van der Waals surface area contributed by atoms with Crippen molar-refractivity contribution in [1.82, 2.24) is 10.2 Å². The van der Waals surface area contributed by atoms with Gasteiger partial charge in [-0.2, -0.15) is 0 Å². The molecule has 58 valence electrons. The van der Waals surface area contributed by atoms with Gasteiger partial charge in [0.1, 0.15) is 0 Å². The monoisotopic (exact) mass is 140 g/mol. The van der Waals surface area contributed by atoms with Gasteiger partial charge in [-0.05, 0) is 13.5 Å². The summed E-state index contributed by atoms with van der Waals surface area (Å²) in [6.07, 6.45) is 3.09. The van der Waals surface area contributed by atoms with Gasteiger partial charge >= 0.3 is 0 Å². The van der Waals surface area contributed by atoms with Gasteiger partial charge in [0, 0.05) is 25.7 Å². The van der Waals surface area contributed by atoms with E-state index in [4.69, 9.17) is 0 Å². The molecule has 0 aromatic rings. The third-order valence-corrected chi connectivity index (χ3v) is 2.08. The zero-order valence-corrected chi connectivity index (χ0v) is 6.64. The molecule has 1 aliphatic rings. The van der Waals surface area contributed by atoms with Gasteiger partial charge in [-0.3, -0.25) is 0 Å². The van der Waals surface area contributed by atoms with E-state index in [2.05, 4.69) is 23.8 Å². The second-order valence-electron chi connectivity index (χ2n) is 2.86. The largest absolute Gasteiger partial charge is 0.314 e. The van der Waals surface area contributed by atoms with Gasteiger partial charge in [0.2, 0.25) is 0 Å². The molecule has 0 radical (unpaired) electrons. The standard InChI is InChI=1S/C8H16N2/c1-3-4-8-7-9-5-6-10(8)2/h3,8-9H,1,4-7H2,2H3. The van der Waals surface area contributed by atoms with E-state index in [1.165, 1.54) is 6.54 Å². The Balaban J connectivity index is 2.32. The average molecular weight is 140 g/mol. The van der Waals surface area contributed by atoms with Gasteiger partial charge in [0.25, 0.3) is 0 Å². The van der Waals surface area contributed by atoms with E-state index in [9.17, 15) is 0 Å². The van der Waals surface area contributed by atoms with Crippen molar-refractivity contribution in [3.63, 3.8) is 0 Å². The molecule has 1 aliphatic heterocycles. The normalized spacial score (nSPS) is 28.3. The molecule has 0 spiro atoms. The summed E-state index contributed by atoms with van der Waals surface area (Å²) < 4.78 is 0. The first-order valence-electron chi connectivity index (χ1n) is 3.86. The van der Waals surface area contributed by atoms with E-state index in [0.29, 0.717) is 6.04 Å². The maximum atomic E-state index is 3.73. The van der Waals surface area contributed by atoms with Gasteiger partial charge in [-0.15, -0.1) is 6.58 Å². The Kier molecular flexibility index (Phi) is 2.90. The summed E-state index contributed by atoms with van der Waals surface area (Å²) >= 11 is 0. The molecule has 0 amide bonds. The van der Waals surface area contributed by atoms with Crippen LogP contribution < -0.4 is 5.32 Å². The van der Waals surface area contributed by atoms with Crippen LogP contribution in [0.25, 0.3) is 0 Å². The third kappa shape index (κ3) is 1.82. The van der Waals surface area contributed by atoms with E-state index in [1.807, 2.05) is 6.08 Å². The Hall–Kier alpha value is -0.340. The Morgan fingerprint density at radius 2 is 2.60 bits per heavy atom. The van der Waals surface area contributed by atoms with Crippen LogP contribution in [0.15, 0.2) is 12.7 Å². The van der Waals surface area contributed by atoms with Crippen molar-refractivity contribution < 1.29 is 0 Å². The van der Waals surface area contributed by atoms with E-state index in [1.54, 1.807) is 0 Å². The second kappa shape index (κ2) is 3.74. The van der Waals surface area contributed by atoms with Gasteiger partial charge in [0.15, 0.2) is 0 Å². The summed E-state index contributed by atoms with van der Waals surface area (Å²) in [6.45, 7) is 7.14. The van der Waals surface area contributed by atoms with E-state index < -0.39 is 0 Å². The summed E-state index contributed by atoms with van der Waals surface area (Å²) in [5, 5.41) is 3.36. The lowest BCUT2D eigenvalue weighted by molar-refractivity contribution is 0.201. The minimum absolute atomic E-state index is 0.672. The predicted octanol–water partition coefficient (Wildman–Crippen LogP) is 0.466. The Morgan fingerprint density at radius 3 is 3.20 bits per heavy atom. The van der Waals surface area contributed by atoms with Crippen LogP contribution in [-0.4, -0.2) is 37.6 Å². The molecule has 0 aliphatic carbocycles. The van der Waals surface area contributed by atoms with Gasteiger partial charge in [-0.25, -0.2) is 0 Å². The van der Waals surface area contributed by atoms with E-state index in [-0.39, 0.29) is 0 Å². The van der Waals surface area contributed by atoms with Crippen LogP contribution in [0.4, 0.5) is 0 Å². The average Bonchev–Trinajstić information content (AvgIpc) is 1.94. The lowest BCUT2D eigenvalue weighted by Crippen LogP contribution is -2.48. The number of nitrogens with zero attached hydrogens (tertiary/aromatic N) is 1. The fourth-order valence-corrected chi connectivity index (χ4v) is 1.32. The fourth-order valence-electron chi connectivity index (χ4n) is 1.32. The number of hydrogen-bond donors (Lipinski definition) is 1. The molecular weight excluding hydrogens is 124 g/mol. The number of hydrogen-bond acceptors (Lipinski definition) is 2. The fraction of sp³-hybridized carbons (Fsp3) is 0.750. The molecule has 1 heterocycles. The minimum Gasteiger partial charge on any atom is -0.314 e. The Bertz CT molecular complexity index is 112. The molecule has 1 saturated heterocycles. The molecule has 0 aromatic carbocycles. The van der Waals surface area contributed by atoms with Crippen LogP contribution in [0.2, 0.25) is 0 Å². The summed E-state index contributed by atoms with van der Waals surface area (Å²) in [7, 11) is 2.18. The molecule has 0 aromatic heterocycles. The molecule has 0 saturated carbocycles.